The maximum Gasteiger partial charge on any atom is 0.226 e. The molecule has 2 aromatic carbocycles. The third-order valence-electron chi connectivity index (χ3n) is 3.51. The van der Waals surface area contributed by atoms with Gasteiger partial charge in [0.15, 0.2) is 0 Å². The fourth-order valence-electron chi connectivity index (χ4n) is 2.40. The van der Waals surface area contributed by atoms with Gasteiger partial charge in [-0.3, -0.25) is 4.79 Å². The minimum absolute atomic E-state index is 0.104. The van der Waals surface area contributed by atoms with Gasteiger partial charge in [0.25, 0.3) is 0 Å². The lowest BCUT2D eigenvalue weighted by atomic mass is 10.1. The molecule has 1 aliphatic heterocycles. The summed E-state index contributed by atoms with van der Waals surface area (Å²) >= 11 is 3.21. The van der Waals surface area contributed by atoms with E-state index in [2.05, 4.69) is 21.2 Å². The number of hydrogen-bond donors (Lipinski definition) is 1. The van der Waals surface area contributed by atoms with Gasteiger partial charge in [0.2, 0.25) is 5.91 Å². The molecule has 1 amide bonds. The van der Waals surface area contributed by atoms with E-state index in [4.69, 9.17) is 0 Å². The average molecular weight is 349 g/mol. The summed E-state index contributed by atoms with van der Waals surface area (Å²) in [6, 6.07) is 11.1. The van der Waals surface area contributed by atoms with Gasteiger partial charge in [0.05, 0.1) is 15.8 Å². The Morgan fingerprint density at radius 3 is 2.67 bits per heavy atom. The van der Waals surface area contributed by atoms with Crippen LogP contribution in [-0.2, 0) is 4.79 Å². The standard InChI is InChI=1S/C16H14BrFN2O/c1-10-2-4-11(5-3-10)20-7-6-16(21)19-14-9-13(18)12(17)8-15(14)20/h2-5,8-9H,6-7H2,1H3,(H,19,21). The summed E-state index contributed by atoms with van der Waals surface area (Å²) in [6.07, 6.45) is 0.363. The van der Waals surface area contributed by atoms with Crippen LogP contribution in [-0.4, -0.2) is 12.5 Å². The van der Waals surface area contributed by atoms with Crippen LogP contribution in [0.2, 0.25) is 0 Å². The number of halogens is 2. The lowest BCUT2D eigenvalue weighted by molar-refractivity contribution is -0.115. The van der Waals surface area contributed by atoms with Crippen molar-refractivity contribution in [2.45, 2.75) is 13.3 Å². The van der Waals surface area contributed by atoms with Gasteiger partial charge in [0.1, 0.15) is 5.82 Å². The molecule has 0 radical (unpaired) electrons. The highest BCUT2D eigenvalue weighted by Crippen LogP contribution is 2.37. The quantitative estimate of drug-likeness (QED) is 0.829. The Balaban J connectivity index is 2.12. The van der Waals surface area contributed by atoms with Crippen molar-refractivity contribution >= 4 is 38.9 Å². The highest BCUT2D eigenvalue weighted by molar-refractivity contribution is 9.10. The van der Waals surface area contributed by atoms with Gasteiger partial charge in [-0.25, -0.2) is 4.39 Å². The molecule has 0 bridgehead atoms. The van der Waals surface area contributed by atoms with Crippen LogP contribution in [0.25, 0.3) is 0 Å². The summed E-state index contributed by atoms with van der Waals surface area (Å²) in [5.74, 6) is -0.493. The van der Waals surface area contributed by atoms with Crippen LogP contribution in [0.4, 0.5) is 21.5 Å². The summed E-state index contributed by atoms with van der Waals surface area (Å²) in [5.41, 5.74) is 3.44. The first-order chi connectivity index (χ1) is 10.0. The highest BCUT2D eigenvalue weighted by Gasteiger charge is 2.22. The second-order valence-electron chi connectivity index (χ2n) is 5.07. The Morgan fingerprint density at radius 1 is 1.24 bits per heavy atom. The Kier molecular flexibility index (Phi) is 3.68. The first-order valence-corrected chi connectivity index (χ1v) is 7.47. The Labute approximate surface area is 130 Å². The monoisotopic (exact) mass is 348 g/mol. The molecule has 0 fully saturated rings. The molecule has 1 N–H and O–H groups in total. The largest absolute Gasteiger partial charge is 0.339 e. The zero-order valence-electron chi connectivity index (χ0n) is 11.5. The minimum atomic E-state index is -0.389. The van der Waals surface area contributed by atoms with Crippen molar-refractivity contribution in [1.82, 2.24) is 0 Å². The zero-order chi connectivity index (χ0) is 15.0. The number of nitrogens with zero attached hydrogens (tertiary/aromatic N) is 1. The van der Waals surface area contributed by atoms with Crippen LogP contribution in [0.5, 0.6) is 0 Å². The molecular weight excluding hydrogens is 335 g/mol. The number of rotatable bonds is 1. The van der Waals surface area contributed by atoms with Gasteiger partial charge < -0.3 is 10.2 Å². The fourth-order valence-corrected chi connectivity index (χ4v) is 2.73. The highest BCUT2D eigenvalue weighted by atomic mass is 79.9. The molecular formula is C16H14BrFN2O. The van der Waals surface area contributed by atoms with E-state index in [0.717, 1.165) is 11.4 Å². The normalized spacial score (nSPS) is 14.4. The molecule has 5 heteroatoms. The zero-order valence-corrected chi connectivity index (χ0v) is 13.1. The fraction of sp³-hybridized carbons (Fsp3) is 0.188. The second kappa shape index (κ2) is 5.48. The first-order valence-electron chi connectivity index (χ1n) is 6.68. The Morgan fingerprint density at radius 2 is 1.95 bits per heavy atom. The van der Waals surface area contributed by atoms with Crippen LogP contribution in [0.3, 0.4) is 0 Å². The predicted octanol–water partition coefficient (Wildman–Crippen LogP) is 4.38. The van der Waals surface area contributed by atoms with Gasteiger partial charge >= 0.3 is 0 Å². The van der Waals surface area contributed by atoms with E-state index in [-0.39, 0.29) is 11.7 Å². The van der Waals surface area contributed by atoms with Crippen molar-refractivity contribution < 1.29 is 9.18 Å². The van der Waals surface area contributed by atoms with Gasteiger partial charge in [0, 0.05) is 24.7 Å². The van der Waals surface area contributed by atoms with Crippen LogP contribution < -0.4 is 10.2 Å². The molecule has 0 saturated carbocycles. The van der Waals surface area contributed by atoms with E-state index in [1.54, 1.807) is 6.07 Å². The predicted molar refractivity (Wildman–Crippen MR) is 85.5 cm³/mol. The number of amides is 1. The van der Waals surface area contributed by atoms with Crippen molar-refractivity contribution in [3.05, 3.63) is 52.3 Å². The number of anilines is 3. The van der Waals surface area contributed by atoms with Gasteiger partial charge in [-0.05, 0) is 41.1 Å². The SMILES string of the molecule is Cc1ccc(N2CCC(=O)Nc3cc(F)c(Br)cc32)cc1. The topological polar surface area (TPSA) is 32.3 Å². The number of benzene rings is 2. The molecule has 0 spiro atoms. The third-order valence-corrected chi connectivity index (χ3v) is 4.12. The van der Waals surface area contributed by atoms with E-state index >= 15 is 0 Å². The van der Waals surface area contributed by atoms with Gasteiger partial charge in [-0.2, -0.15) is 0 Å². The van der Waals surface area contributed by atoms with Gasteiger partial charge in [-0.1, -0.05) is 17.7 Å². The van der Waals surface area contributed by atoms with Crippen LogP contribution >= 0.6 is 15.9 Å². The van der Waals surface area contributed by atoms with Crippen molar-refractivity contribution in [1.29, 1.82) is 0 Å². The van der Waals surface area contributed by atoms with E-state index in [1.807, 2.05) is 36.1 Å². The summed E-state index contributed by atoms with van der Waals surface area (Å²) in [4.78, 5) is 13.8. The molecule has 0 saturated heterocycles. The maximum atomic E-state index is 13.7. The third kappa shape index (κ3) is 2.78. The summed E-state index contributed by atoms with van der Waals surface area (Å²) in [5, 5.41) is 2.76. The minimum Gasteiger partial charge on any atom is -0.339 e. The second-order valence-corrected chi connectivity index (χ2v) is 5.92. The molecule has 0 aliphatic carbocycles. The van der Waals surface area contributed by atoms with Crippen LogP contribution in [0, 0.1) is 12.7 Å². The molecule has 1 heterocycles. The molecule has 2 aromatic rings. The molecule has 0 atom stereocenters. The summed E-state index contributed by atoms with van der Waals surface area (Å²) < 4.78 is 14.1. The molecule has 108 valence electrons. The Hall–Kier alpha value is -1.88. The number of carbonyl (C=O) groups excluding carboxylic acids is 1. The number of fused-ring (bicyclic) bond motifs is 1. The van der Waals surface area contributed by atoms with Crippen LogP contribution in [0.1, 0.15) is 12.0 Å². The smallest absolute Gasteiger partial charge is 0.226 e. The van der Waals surface area contributed by atoms with Crippen molar-refractivity contribution in [2.24, 2.45) is 0 Å². The average Bonchev–Trinajstić information content (AvgIpc) is 2.60. The summed E-state index contributed by atoms with van der Waals surface area (Å²) in [6.45, 7) is 2.58. The van der Waals surface area contributed by atoms with Crippen molar-refractivity contribution in [3.63, 3.8) is 0 Å². The lowest BCUT2D eigenvalue weighted by Crippen LogP contribution is -2.18. The number of carbonyl (C=O) groups is 1. The molecule has 1 aliphatic rings. The van der Waals surface area contributed by atoms with Crippen molar-refractivity contribution in [2.75, 3.05) is 16.8 Å². The van der Waals surface area contributed by atoms with E-state index in [9.17, 15) is 9.18 Å². The Bertz CT molecular complexity index is 700. The first kappa shape index (κ1) is 14.1. The van der Waals surface area contributed by atoms with Crippen molar-refractivity contribution in [3.8, 4) is 0 Å². The van der Waals surface area contributed by atoms with Crippen LogP contribution in [0.15, 0.2) is 40.9 Å². The maximum absolute atomic E-state index is 13.7. The van der Waals surface area contributed by atoms with Gasteiger partial charge in [-0.15, -0.1) is 0 Å². The van der Waals surface area contributed by atoms with E-state index < -0.39 is 0 Å². The van der Waals surface area contributed by atoms with E-state index in [0.29, 0.717) is 23.1 Å². The number of aryl methyl sites for hydroxylation is 1. The molecule has 0 unspecified atom stereocenters. The van der Waals surface area contributed by atoms with E-state index in [1.165, 1.54) is 11.6 Å². The molecule has 3 nitrogen and oxygen atoms in total. The number of nitrogens with one attached hydrogen (secondary N) is 1. The summed E-state index contributed by atoms with van der Waals surface area (Å²) in [7, 11) is 0. The lowest BCUT2D eigenvalue weighted by Gasteiger charge is -2.24. The molecule has 21 heavy (non-hydrogen) atoms. The molecule has 0 aromatic heterocycles. The molecule has 3 rings (SSSR count). The number of hydrogen-bond acceptors (Lipinski definition) is 2.